The zero-order valence-corrected chi connectivity index (χ0v) is 19.7. The average Bonchev–Trinajstić information content (AvgIpc) is 3.15. The van der Waals surface area contributed by atoms with E-state index in [2.05, 4.69) is 28.9 Å². The first-order valence-corrected chi connectivity index (χ1v) is 11.9. The number of aromatic nitrogens is 2. The van der Waals surface area contributed by atoms with E-state index in [-0.39, 0.29) is 17.7 Å². The van der Waals surface area contributed by atoms with Gasteiger partial charge in [-0.3, -0.25) is 9.48 Å². The maximum atomic E-state index is 13.3. The summed E-state index contributed by atoms with van der Waals surface area (Å²) in [6.07, 6.45) is -1.27. The topological polar surface area (TPSA) is 62.6 Å². The minimum Gasteiger partial charge on any atom is -0.406 e. The maximum Gasteiger partial charge on any atom is 0.573 e. The minimum atomic E-state index is -4.69. The summed E-state index contributed by atoms with van der Waals surface area (Å²) in [7, 11) is 2.06. The van der Waals surface area contributed by atoms with Crippen LogP contribution in [0.15, 0.2) is 24.3 Å². The third kappa shape index (κ3) is 5.90. The molecule has 2 aromatic rings. The number of fused-ring (bicyclic) bond motifs is 1. The number of alkyl halides is 3. The molecule has 1 N–H and O–H groups in total. The van der Waals surface area contributed by atoms with Crippen LogP contribution in [0.1, 0.15) is 47.1 Å². The summed E-state index contributed by atoms with van der Waals surface area (Å²) < 4.78 is 43.0. The average molecular weight is 480 g/mol. The Morgan fingerprint density at radius 2 is 1.88 bits per heavy atom. The molecule has 0 saturated carbocycles. The molecule has 1 aromatic heterocycles. The highest BCUT2D eigenvalue weighted by molar-refractivity contribution is 5.94. The van der Waals surface area contributed by atoms with E-state index in [0.29, 0.717) is 31.7 Å². The number of piperazine rings is 1. The largest absolute Gasteiger partial charge is 0.573 e. The lowest BCUT2D eigenvalue weighted by atomic mass is 9.90. The molecule has 0 bridgehead atoms. The minimum absolute atomic E-state index is 0.0140. The molecule has 1 fully saturated rings. The summed E-state index contributed by atoms with van der Waals surface area (Å²) in [6, 6.07) is 6.07. The fraction of sp³-hybridized carbons (Fsp3) is 0.583. The van der Waals surface area contributed by atoms with Crippen molar-refractivity contribution in [2.24, 2.45) is 0 Å². The van der Waals surface area contributed by atoms with Crippen molar-refractivity contribution in [3.8, 4) is 5.75 Å². The van der Waals surface area contributed by atoms with Crippen molar-refractivity contribution >= 4 is 5.91 Å². The second-order valence-electron chi connectivity index (χ2n) is 9.10. The van der Waals surface area contributed by atoms with Crippen LogP contribution in [-0.2, 0) is 25.9 Å². The molecule has 1 saturated heterocycles. The number of nitrogens with zero attached hydrogens (tertiary/aromatic N) is 4. The normalized spacial score (nSPS) is 19.2. The molecule has 7 nitrogen and oxygen atoms in total. The highest BCUT2D eigenvalue weighted by atomic mass is 19.4. The van der Waals surface area contributed by atoms with Crippen LogP contribution in [0, 0.1) is 0 Å². The van der Waals surface area contributed by atoms with Crippen LogP contribution >= 0.6 is 0 Å². The van der Waals surface area contributed by atoms with Crippen LogP contribution in [0.4, 0.5) is 13.2 Å². The quantitative estimate of drug-likeness (QED) is 0.661. The van der Waals surface area contributed by atoms with Gasteiger partial charge in [-0.05, 0) is 50.4 Å². The lowest BCUT2D eigenvalue weighted by Crippen LogP contribution is -2.47. The first-order valence-electron chi connectivity index (χ1n) is 11.9. The highest BCUT2D eigenvalue weighted by Crippen LogP contribution is 2.27. The molecular weight excluding hydrogens is 447 g/mol. The molecule has 4 rings (SSSR count). The molecule has 0 unspecified atom stereocenters. The van der Waals surface area contributed by atoms with Crippen LogP contribution in [0.3, 0.4) is 0 Å². The maximum absolute atomic E-state index is 13.3. The van der Waals surface area contributed by atoms with E-state index in [4.69, 9.17) is 5.10 Å². The van der Waals surface area contributed by atoms with Gasteiger partial charge in [0.05, 0.1) is 0 Å². The van der Waals surface area contributed by atoms with Gasteiger partial charge in [-0.25, -0.2) is 0 Å². The third-order valence-electron chi connectivity index (χ3n) is 6.53. The van der Waals surface area contributed by atoms with Crippen molar-refractivity contribution in [1.29, 1.82) is 0 Å². The fourth-order valence-electron chi connectivity index (χ4n) is 4.66. The molecular formula is C24H32F3N5O2. The standard InChI is InChI=1S/C24H32F3N5O2/c1-3-10-32-21-9-6-18(28-16-17-4-7-19(8-5-17)34-24(25,26)27)15-20(21)22(29-32)23(33)31-13-11-30(2)12-14-31/h4-5,7-8,18,28H,3,6,9-16H2,1-2H3/t18-/m1/s1. The lowest BCUT2D eigenvalue weighted by Gasteiger charge is -2.32. The number of benzene rings is 1. The number of hydrogen-bond acceptors (Lipinski definition) is 5. The van der Waals surface area contributed by atoms with Crippen LogP contribution in [0.5, 0.6) is 5.75 Å². The predicted molar refractivity (Wildman–Crippen MR) is 122 cm³/mol. The number of amides is 1. The number of likely N-dealkylation sites (N-methyl/N-ethyl adjacent to an activating group) is 1. The van der Waals surface area contributed by atoms with Gasteiger partial charge in [0.15, 0.2) is 5.69 Å². The summed E-state index contributed by atoms with van der Waals surface area (Å²) in [4.78, 5) is 17.5. The Morgan fingerprint density at radius 3 is 2.53 bits per heavy atom. The zero-order valence-electron chi connectivity index (χ0n) is 19.7. The van der Waals surface area contributed by atoms with E-state index in [1.165, 1.54) is 12.1 Å². The number of aryl methyl sites for hydroxylation is 1. The Morgan fingerprint density at radius 1 is 1.18 bits per heavy atom. The van der Waals surface area contributed by atoms with Crippen LogP contribution in [-0.4, -0.2) is 71.1 Å². The first kappa shape index (κ1) is 24.5. The fourth-order valence-corrected chi connectivity index (χ4v) is 4.66. The van der Waals surface area contributed by atoms with E-state index in [1.54, 1.807) is 12.1 Å². The van der Waals surface area contributed by atoms with Gasteiger partial charge in [0.25, 0.3) is 5.91 Å². The Bertz CT molecular complexity index is 982. The van der Waals surface area contributed by atoms with Crippen molar-refractivity contribution in [2.45, 2.75) is 58.1 Å². The second kappa shape index (κ2) is 10.4. The number of halogens is 3. The summed E-state index contributed by atoms with van der Waals surface area (Å²) in [5.74, 6) is -0.214. The smallest absolute Gasteiger partial charge is 0.406 e. The lowest BCUT2D eigenvalue weighted by molar-refractivity contribution is -0.274. The predicted octanol–water partition coefficient (Wildman–Crippen LogP) is 3.23. The number of carbonyl (C=O) groups is 1. The van der Waals surface area contributed by atoms with Gasteiger partial charge in [-0.1, -0.05) is 19.1 Å². The van der Waals surface area contributed by atoms with Crippen molar-refractivity contribution in [2.75, 3.05) is 33.2 Å². The van der Waals surface area contributed by atoms with E-state index in [9.17, 15) is 18.0 Å². The molecule has 0 radical (unpaired) electrons. The van der Waals surface area contributed by atoms with Crippen LogP contribution in [0.25, 0.3) is 0 Å². The number of carbonyl (C=O) groups excluding carboxylic acids is 1. The van der Waals surface area contributed by atoms with Crippen molar-refractivity contribution < 1.29 is 22.7 Å². The Labute approximate surface area is 197 Å². The molecule has 1 aliphatic heterocycles. The van der Waals surface area contributed by atoms with Gasteiger partial charge in [-0.2, -0.15) is 5.10 Å². The molecule has 1 aliphatic carbocycles. The Kier molecular flexibility index (Phi) is 7.47. The van der Waals surface area contributed by atoms with Crippen molar-refractivity contribution in [3.63, 3.8) is 0 Å². The molecule has 186 valence electrons. The van der Waals surface area contributed by atoms with E-state index in [0.717, 1.165) is 55.7 Å². The van der Waals surface area contributed by atoms with Gasteiger partial charge in [0, 0.05) is 56.6 Å². The molecule has 1 aromatic carbocycles. The monoisotopic (exact) mass is 479 g/mol. The second-order valence-corrected chi connectivity index (χ2v) is 9.10. The van der Waals surface area contributed by atoms with Gasteiger partial charge >= 0.3 is 6.36 Å². The Balaban J connectivity index is 1.43. The van der Waals surface area contributed by atoms with Crippen molar-refractivity contribution in [1.82, 2.24) is 24.9 Å². The molecule has 2 aliphatic rings. The van der Waals surface area contributed by atoms with E-state index in [1.807, 2.05) is 9.58 Å². The zero-order chi connectivity index (χ0) is 24.3. The number of hydrogen-bond donors (Lipinski definition) is 1. The molecule has 10 heteroatoms. The summed E-state index contributed by atoms with van der Waals surface area (Å²) >= 11 is 0. The van der Waals surface area contributed by atoms with E-state index < -0.39 is 6.36 Å². The number of rotatable bonds is 7. The number of ether oxygens (including phenoxy) is 1. The molecule has 34 heavy (non-hydrogen) atoms. The highest BCUT2D eigenvalue weighted by Gasteiger charge is 2.32. The van der Waals surface area contributed by atoms with Crippen molar-refractivity contribution in [3.05, 3.63) is 46.8 Å². The SMILES string of the molecule is CCCn1nc(C(=O)N2CCN(C)CC2)c2c1CC[C@@H](NCc1ccc(OC(F)(F)F)cc1)C2. The summed E-state index contributed by atoms with van der Waals surface area (Å²) in [6.45, 7) is 6.57. The molecule has 1 atom stereocenters. The molecule has 2 heterocycles. The summed E-state index contributed by atoms with van der Waals surface area (Å²) in [5, 5.41) is 8.25. The Hall–Kier alpha value is -2.59. The van der Waals surface area contributed by atoms with Crippen LogP contribution in [0.2, 0.25) is 0 Å². The van der Waals surface area contributed by atoms with Gasteiger partial charge in [0.2, 0.25) is 0 Å². The molecule has 1 amide bonds. The van der Waals surface area contributed by atoms with Gasteiger partial charge in [0.1, 0.15) is 5.75 Å². The van der Waals surface area contributed by atoms with Crippen LogP contribution < -0.4 is 10.1 Å². The van der Waals surface area contributed by atoms with Gasteiger partial charge in [-0.15, -0.1) is 13.2 Å². The first-order chi connectivity index (χ1) is 16.2. The van der Waals surface area contributed by atoms with E-state index >= 15 is 0 Å². The summed E-state index contributed by atoms with van der Waals surface area (Å²) in [5.41, 5.74) is 3.64. The van der Waals surface area contributed by atoms with Gasteiger partial charge < -0.3 is 19.9 Å². The third-order valence-corrected chi connectivity index (χ3v) is 6.53. The molecule has 0 spiro atoms. The number of nitrogens with one attached hydrogen (secondary N) is 1.